The van der Waals surface area contributed by atoms with Crippen LogP contribution < -0.4 is 15.4 Å². The number of rotatable bonds is 3. The van der Waals surface area contributed by atoms with Crippen molar-refractivity contribution in [2.45, 2.75) is 12.8 Å². The van der Waals surface area contributed by atoms with Crippen LogP contribution in [0.4, 0.5) is 5.82 Å². The second kappa shape index (κ2) is 6.91. The third-order valence-corrected chi connectivity index (χ3v) is 3.96. The number of aromatic nitrogens is 2. The maximum absolute atomic E-state index is 5.75. The lowest BCUT2D eigenvalue weighted by molar-refractivity contribution is 0.384. The van der Waals surface area contributed by atoms with Crippen molar-refractivity contribution < 1.29 is 4.74 Å². The SMILES string of the molecule is COc1nc2ccccc2nc1N1CCC(CN)CC1.Cl. The van der Waals surface area contributed by atoms with Gasteiger partial charge in [0.15, 0.2) is 5.82 Å². The summed E-state index contributed by atoms with van der Waals surface area (Å²) >= 11 is 0. The van der Waals surface area contributed by atoms with E-state index >= 15 is 0 Å². The van der Waals surface area contributed by atoms with Crippen molar-refractivity contribution in [1.82, 2.24) is 9.97 Å². The van der Waals surface area contributed by atoms with Gasteiger partial charge < -0.3 is 15.4 Å². The first-order valence-electron chi connectivity index (χ1n) is 7.07. The lowest BCUT2D eigenvalue weighted by atomic mass is 9.97. The van der Waals surface area contributed by atoms with Crippen LogP contribution in [0.15, 0.2) is 24.3 Å². The van der Waals surface area contributed by atoms with Crippen LogP contribution in [0.25, 0.3) is 11.0 Å². The van der Waals surface area contributed by atoms with E-state index in [9.17, 15) is 0 Å². The van der Waals surface area contributed by atoms with Gasteiger partial charge in [0.2, 0.25) is 0 Å². The molecule has 1 aliphatic heterocycles. The zero-order chi connectivity index (χ0) is 13.9. The van der Waals surface area contributed by atoms with Gasteiger partial charge in [-0.25, -0.2) is 9.97 Å². The van der Waals surface area contributed by atoms with Gasteiger partial charge >= 0.3 is 0 Å². The third kappa shape index (κ3) is 3.19. The standard InChI is InChI=1S/C15H20N4O.ClH/c1-20-15-14(19-8-6-11(10-16)7-9-19)17-12-4-2-3-5-13(12)18-15;/h2-5,11H,6-10,16H2,1H3;1H. The number of halogens is 1. The summed E-state index contributed by atoms with van der Waals surface area (Å²) in [6, 6.07) is 7.88. The summed E-state index contributed by atoms with van der Waals surface area (Å²) < 4.78 is 5.42. The highest BCUT2D eigenvalue weighted by Gasteiger charge is 2.22. The van der Waals surface area contributed by atoms with Crippen LogP contribution in [0.1, 0.15) is 12.8 Å². The summed E-state index contributed by atoms with van der Waals surface area (Å²) in [6.07, 6.45) is 2.21. The number of benzene rings is 1. The van der Waals surface area contributed by atoms with Crippen molar-refractivity contribution in [3.8, 4) is 5.88 Å². The number of hydrogen-bond donors (Lipinski definition) is 1. The number of hydrogen-bond acceptors (Lipinski definition) is 5. The van der Waals surface area contributed by atoms with Crippen LogP contribution >= 0.6 is 12.4 Å². The predicted molar refractivity (Wildman–Crippen MR) is 87.3 cm³/mol. The molecule has 5 nitrogen and oxygen atoms in total. The molecule has 3 rings (SSSR count). The van der Waals surface area contributed by atoms with Crippen molar-refractivity contribution in [3.63, 3.8) is 0 Å². The van der Waals surface area contributed by atoms with Crippen LogP contribution in [-0.2, 0) is 0 Å². The molecule has 0 radical (unpaired) electrons. The van der Waals surface area contributed by atoms with E-state index in [1.165, 1.54) is 0 Å². The van der Waals surface area contributed by atoms with Crippen LogP contribution in [0, 0.1) is 5.92 Å². The number of para-hydroxylation sites is 2. The fourth-order valence-electron chi connectivity index (χ4n) is 2.70. The third-order valence-electron chi connectivity index (χ3n) is 3.96. The molecule has 6 heteroatoms. The van der Waals surface area contributed by atoms with Crippen LogP contribution in [-0.4, -0.2) is 36.7 Å². The average Bonchev–Trinajstić information content (AvgIpc) is 2.53. The number of piperidine rings is 1. The van der Waals surface area contributed by atoms with E-state index in [0.29, 0.717) is 11.8 Å². The van der Waals surface area contributed by atoms with E-state index < -0.39 is 0 Å². The number of ether oxygens (including phenoxy) is 1. The molecule has 1 saturated heterocycles. The lowest BCUT2D eigenvalue weighted by Gasteiger charge is -2.32. The molecule has 0 bridgehead atoms. The molecule has 0 spiro atoms. The normalized spacial score (nSPS) is 15.8. The molecule has 1 aromatic heterocycles. The highest BCUT2D eigenvalue weighted by Crippen LogP contribution is 2.29. The Morgan fingerprint density at radius 2 is 1.81 bits per heavy atom. The van der Waals surface area contributed by atoms with Crippen LogP contribution in [0.3, 0.4) is 0 Å². The Morgan fingerprint density at radius 1 is 1.19 bits per heavy atom. The Hall–Kier alpha value is -1.59. The van der Waals surface area contributed by atoms with Gasteiger partial charge in [-0.2, -0.15) is 0 Å². The summed E-state index contributed by atoms with van der Waals surface area (Å²) in [5.74, 6) is 2.09. The molecule has 1 aliphatic rings. The Bertz CT molecular complexity index is 599. The summed E-state index contributed by atoms with van der Waals surface area (Å²) in [7, 11) is 1.65. The molecule has 0 saturated carbocycles. The van der Waals surface area contributed by atoms with Gasteiger partial charge in [0.1, 0.15) is 0 Å². The van der Waals surface area contributed by atoms with Gasteiger partial charge in [-0.3, -0.25) is 0 Å². The van der Waals surface area contributed by atoms with Gasteiger partial charge in [-0.1, -0.05) is 12.1 Å². The molecule has 2 aromatic rings. The van der Waals surface area contributed by atoms with E-state index in [-0.39, 0.29) is 12.4 Å². The second-order valence-corrected chi connectivity index (χ2v) is 5.21. The zero-order valence-corrected chi connectivity index (χ0v) is 13.0. The minimum Gasteiger partial charge on any atom is -0.478 e. The molecule has 1 aromatic carbocycles. The molecule has 2 heterocycles. The topological polar surface area (TPSA) is 64.3 Å². The highest BCUT2D eigenvalue weighted by atomic mass is 35.5. The minimum absolute atomic E-state index is 0. The van der Waals surface area contributed by atoms with E-state index in [1.54, 1.807) is 7.11 Å². The molecule has 0 atom stereocenters. The van der Waals surface area contributed by atoms with Gasteiger partial charge in [-0.05, 0) is 37.4 Å². The van der Waals surface area contributed by atoms with Gasteiger partial charge in [0.05, 0.1) is 18.1 Å². The summed E-state index contributed by atoms with van der Waals surface area (Å²) in [4.78, 5) is 11.5. The number of nitrogens with two attached hydrogens (primary N) is 1. The largest absolute Gasteiger partial charge is 0.478 e. The Labute approximate surface area is 130 Å². The van der Waals surface area contributed by atoms with Gasteiger partial charge in [0.25, 0.3) is 5.88 Å². The smallest absolute Gasteiger partial charge is 0.257 e. The first-order valence-corrected chi connectivity index (χ1v) is 7.07. The molecule has 114 valence electrons. The molecular formula is C15H21ClN4O. The molecule has 0 unspecified atom stereocenters. The van der Waals surface area contributed by atoms with E-state index in [4.69, 9.17) is 15.5 Å². The highest BCUT2D eigenvalue weighted by molar-refractivity contribution is 5.85. The Morgan fingerprint density at radius 3 is 2.38 bits per heavy atom. The van der Waals surface area contributed by atoms with E-state index in [1.807, 2.05) is 24.3 Å². The zero-order valence-electron chi connectivity index (χ0n) is 12.2. The Kier molecular flexibility index (Phi) is 5.20. The van der Waals surface area contributed by atoms with Crippen molar-refractivity contribution in [1.29, 1.82) is 0 Å². The molecule has 0 aliphatic carbocycles. The second-order valence-electron chi connectivity index (χ2n) is 5.21. The quantitative estimate of drug-likeness (QED) is 0.942. The first kappa shape index (κ1) is 15.8. The minimum atomic E-state index is 0. The van der Waals surface area contributed by atoms with Crippen molar-refractivity contribution in [3.05, 3.63) is 24.3 Å². The van der Waals surface area contributed by atoms with Crippen molar-refractivity contribution in [2.24, 2.45) is 11.7 Å². The Balaban J connectivity index is 0.00000161. The number of anilines is 1. The van der Waals surface area contributed by atoms with Crippen LogP contribution in [0.5, 0.6) is 5.88 Å². The predicted octanol–water partition coefficient (Wildman–Crippen LogP) is 2.24. The van der Waals surface area contributed by atoms with E-state index in [0.717, 1.165) is 49.3 Å². The van der Waals surface area contributed by atoms with Crippen molar-refractivity contribution in [2.75, 3.05) is 31.6 Å². The van der Waals surface area contributed by atoms with Crippen molar-refractivity contribution >= 4 is 29.3 Å². The molecule has 0 amide bonds. The summed E-state index contributed by atoms with van der Waals surface area (Å²) in [5.41, 5.74) is 7.52. The fourth-order valence-corrected chi connectivity index (χ4v) is 2.70. The van der Waals surface area contributed by atoms with Gasteiger partial charge in [-0.15, -0.1) is 12.4 Å². The number of nitrogens with zero attached hydrogens (tertiary/aromatic N) is 3. The first-order chi connectivity index (χ1) is 9.81. The summed E-state index contributed by atoms with van der Waals surface area (Å²) in [6.45, 7) is 2.70. The maximum Gasteiger partial charge on any atom is 0.257 e. The fraction of sp³-hybridized carbons (Fsp3) is 0.467. The number of methoxy groups -OCH3 is 1. The molecule has 1 fully saturated rings. The maximum atomic E-state index is 5.75. The monoisotopic (exact) mass is 308 g/mol. The summed E-state index contributed by atoms with van der Waals surface area (Å²) in [5, 5.41) is 0. The molecule has 21 heavy (non-hydrogen) atoms. The van der Waals surface area contributed by atoms with E-state index in [2.05, 4.69) is 9.88 Å². The molecule has 2 N–H and O–H groups in total. The lowest BCUT2D eigenvalue weighted by Crippen LogP contribution is -2.36. The molecular weight excluding hydrogens is 288 g/mol. The average molecular weight is 309 g/mol. The van der Waals surface area contributed by atoms with Crippen LogP contribution in [0.2, 0.25) is 0 Å². The van der Waals surface area contributed by atoms with Gasteiger partial charge in [0, 0.05) is 13.1 Å². The number of fused-ring (bicyclic) bond motifs is 1.